The molecule has 51 heavy (non-hydrogen) atoms. The number of rotatable bonds is 11. The summed E-state index contributed by atoms with van der Waals surface area (Å²) in [5.74, 6) is 1.68. The molecule has 6 nitrogen and oxygen atoms in total. The van der Waals surface area contributed by atoms with Crippen LogP contribution in [-0.2, 0) is 5.60 Å². The highest BCUT2D eigenvalue weighted by molar-refractivity contribution is 6.30. The van der Waals surface area contributed by atoms with E-state index in [4.69, 9.17) is 16.3 Å². The minimum atomic E-state index is -0.776. The van der Waals surface area contributed by atoms with E-state index in [1.165, 1.54) is 17.2 Å². The van der Waals surface area contributed by atoms with Gasteiger partial charge in [0.2, 0.25) is 0 Å². The molecule has 3 aliphatic heterocycles. The van der Waals surface area contributed by atoms with Crippen LogP contribution in [0.5, 0.6) is 5.75 Å². The molecule has 2 N–H and O–H groups in total. The number of hydrogen-bond donors (Lipinski definition) is 2. The second-order valence-electron chi connectivity index (χ2n) is 15.6. The number of ether oxygens (including phenoxy) is 1. The number of carbonyl (C=O) groups is 1. The lowest BCUT2D eigenvalue weighted by molar-refractivity contribution is -0.0203. The maximum absolute atomic E-state index is 15.5. The zero-order valence-electron chi connectivity index (χ0n) is 29.9. The number of piperidine rings is 1. The third-order valence-electron chi connectivity index (χ3n) is 12.3. The first-order valence-electron chi connectivity index (χ1n) is 19.0. The molecule has 1 saturated heterocycles. The van der Waals surface area contributed by atoms with Gasteiger partial charge in [0.05, 0.1) is 11.4 Å². The van der Waals surface area contributed by atoms with E-state index in [0.29, 0.717) is 22.3 Å². The van der Waals surface area contributed by atoms with Crippen LogP contribution in [0.2, 0.25) is 5.02 Å². The number of anilines is 2. The predicted molar refractivity (Wildman–Crippen MR) is 204 cm³/mol. The number of nitrogens with one attached hydrogen (secondary N) is 2. The quantitative estimate of drug-likeness (QED) is 0.194. The number of nitrogens with zero attached hydrogens (tertiary/aromatic N) is 2. The van der Waals surface area contributed by atoms with Crippen molar-refractivity contribution in [3.05, 3.63) is 112 Å². The monoisotopic (exact) mass is 708 g/mol. The summed E-state index contributed by atoms with van der Waals surface area (Å²) < 4.78 is 22.6. The van der Waals surface area contributed by atoms with Crippen LogP contribution in [0.4, 0.5) is 15.8 Å². The van der Waals surface area contributed by atoms with Crippen LogP contribution >= 0.6 is 11.6 Å². The lowest BCUT2D eigenvalue weighted by Crippen LogP contribution is -2.48. The molecule has 0 radical (unpaired) electrons. The topological polar surface area (TPSA) is 56.8 Å². The number of halogens is 2. The summed E-state index contributed by atoms with van der Waals surface area (Å²) >= 11 is 6.17. The van der Waals surface area contributed by atoms with Crippen molar-refractivity contribution in [3.8, 4) is 5.75 Å². The van der Waals surface area contributed by atoms with Crippen LogP contribution in [0.1, 0.15) is 91.3 Å². The van der Waals surface area contributed by atoms with Gasteiger partial charge in [-0.15, -0.1) is 0 Å². The van der Waals surface area contributed by atoms with E-state index in [-0.39, 0.29) is 23.8 Å². The van der Waals surface area contributed by atoms with Gasteiger partial charge in [-0.2, -0.15) is 0 Å². The zero-order valence-corrected chi connectivity index (χ0v) is 30.7. The number of aryl methyl sites for hydroxylation is 1. The van der Waals surface area contributed by atoms with Gasteiger partial charge >= 0.3 is 0 Å². The summed E-state index contributed by atoms with van der Waals surface area (Å²) in [7, 11) is 0. The van der Waals surface area contributed by atoms with Gasteiger partial charge in [0.15, 0.2) is 5.78 Å². The van der Waals surface area contributed by atoms with E-state index >= 15 is 4.39 Å². The highest BCUT2D eigenvalue weighted by atomic mass is 35.5. The summed E-state index contributed by atoms with van der Waals surface area (Å²) in [6.45, 7) is 8.63. The number of carbonyl (C=O) groups excluding carboxylic acids is 1. The van der Waals surface area contributed by atoms with Crippen molar-refractivity contribution in [2.45, 2.75) is 82.9 Å². The highest BCUT2D eigenvalue weighted by Crippen LogP contribution is 2.49. The standard InChI is InChI=1S/C43H50ClFN4O2/c1-28-7-3-13-35(42(28)51-43(2,33-11-5-12-33)36-16-15-34(44)24-37(36)45)30-18-21-48(22-19-30)27-40-47-38-17-14-32(41(50)31-9-4-10-31)23-39(38)49(40)26-29-8-6-20-46-25-29/h3,6-8,13-17,23-25,30-31,33,40,46-47H,4-5,9-12,18-22,26-27H2,1-2H3. The Kier molecular flexibility index (Phi) is 9.62. The van der Waals surface area contributed by atoms with Crippen LogP contribution in [0.3, 0.4) is 0 Å². The van der Waals surface area contributed by atoms with Crippen molar-refractivity contribution < 1.29 is 13.9 Å². The smallest absolute Gasteiger partial charge is 0.166 e. The molecule has 3 aromatic carbocycles. The van der Waals surface area contributed by atoms with Crippen molar-refractivity contribution >= 4 is 28.8 Å². The third-order valence-corrected chi connectivity index (χ3v) is 12.6. The van der Waals surface area contributed by atoms with E-state index in [2.05, 4.69) is 83.0 Å². The summed E-state index contributed by atoms with van der Waals surface area (Å²) in [6.07, 6.45) is 15.0. The lowest BCUT2D eigenvalue weighted by atomic mass is 9.70. The van der Waals surface area contributed by atoms with Crippen LogP contribution in [0.15, 0.2) is 78.5 Å². The Morgan fingerprint density at radius 3 is 2.51 bits per heavy atom. The highest BCUT2D eigenvalue weighted by Gasteiger charge is 2.44. The Labute approximate surface area is 307 Å². The number of Topliss-reactive ketones (excluding diaryl/α,β-unsaturated/α-hetero) is 1. The lowest BCUT2D eigenvalue weighted by Gasteiger charge is -2.44. The molecule has 0 amide bonds. The first kappa shape index (κ1) is 34.3. The second-order valence-corrected chi connectivity index (χ2v) is 16.0. The van der Waals surface area contributed by atoms with Gasteiger partial charge in [0.25, 0.3) is 0 Å². The minimum Gasteiger partial charge on any atom is -0.482 e. The molecule has 3 fully saturated rings. The summed E-state index contributed by atoms with van der Waals surface area (Å²) in [6, 6.07) is 17.7. The van der Waals surface area contributed by atoms with Gasteiger partial charge in [0, 0.05) is 53.8 Å². The maximum Gasteiger partial charge on any atom is 0.166 e. The van der Waals surface area contributed by atoms with Crippen LogP contribution < -0.4 is 20.3 Å². The molecule has 2 atom stereocenters. The number of benzene rings is 3. The molecule has 0 spiro atoms. The predicted octanol–water partition coefficient (Wildman–Crippen LogP) is 9.35. The molecule has 2 saturated carbocycles. The number of likely N-dealkylation sites (tertiary alicyclic amines) is 1. The van der Waals surface area contributed by atoms with Crippen molar-refractivity contribution in [2.24, 2.45) is 11.8 Å². The van der Waals surface area contributed by atoms with Crippen LogP contribution in [0, 0.1) is 24.6 Å². The molecule has 2 unspecified atom stereocenters. The van der Waals surface area contributed by atoms with E-state index < -0.39 is 5.60 Å². The number of ketones is 1. The Morgan fingerprint density at radius 1 is 1.02 bits per heavy atom. The van der Waals surface area contributed by atoms with E-state index in [0.717, 1.165) is 112 Å². The van der Waals surface area contributed by atoms with Gasteiger partial charge in [-0.3, -0.25) is 9.69 Å². The molecule has 3 aromatic rings. The van der Waals surface area contributed by atoms with E-state index in [1.54, 1.807) is 6.07 Å². The molecule has 2 aliphatic carbocycles. The van der Waals surface area contributed by atoms with Gasteiger partial charge < -0.3 is 20.3 Å². The molecule has 8 rings (SSSR count). The molecule has 3 heterocycles. The fraction of sp³-hybridized carbons (Fsp3) is 0.465. The second kappa shape index (κ2) is 14.3. The Balaban J connectivity index is 0.987. The Bertz CT molecular complexity index is 1840. The van der Waals surface area contributed by atoms with Gasteiger partial charge in [0.1, 0.15) is 23.3 Å². The minimum absolute atomic E-state index is 0.0946. The van der Waals surface area contributed by atoms with Crippen molar-refractivity contribution in [3.63, 3.8) is 0 Å². The van der Waals surface area contributed by atoms with Crippen LogP contribution in [0.25, 0.3) is 0 Å². The van der Waals surface area contributed by atoms with E-state index in [1.807, 2.05) is 12.1 Å². The molecular formula is C43H50ClFN4O2. The largest absolute Gasteiger partial charge is 0.482 e. The fourth-order valence-corrected chi connectivity index (χ4v) is 8.91. The van der Waals surface area contributed by atoms with Gasteiger partial charge in [-0.25, -0.2) is 4.39 Å². The molecule has 8 heteroatoms. The molecule has 0 bridgehead atoms. The van der Waals surface area contributed by atoms with E-state index in [9.17, 15) is 4.79 Å². The number of hydrogen-bond acceptors (Lipinski definition) is 6. The Hall–Kier alpha value is -3.81. The van der Waals surface area contributed by atoms with Crippen molar-refractivity contribution in [1.29, 1.82) is 0 Å². The number of para-hydroxylation sites is 1. The Morgan fingerprint density at radius 2 is 1.82 bits per heavy atom. The average Bonchev–Trinajstić information content (AvgIpc) is 3.40. The van der Waals surface area contributed by atoms with Crippen molar-refractivity contribution in [2.75, 3.05) is 42.9 Å². The first-order chi connectivity index (χ1) is 24.8. The average molecular weight is 709 g/mol. The molecule has 0 aromatic heterocycles. The molecular weight excluding hydrogens is 659 g/mol. The summed E-state index contributed by atoms with van der Waals surface area (Å²) in [4.78, 5) is 18.3. The SMILES string of the molecule is Cc1cccc(C2CCN(CC3Nc4ccc(C(=O)C5CCC5)cc4N3CC3=CNCC=C3)CC2)c1OC(C)(c1ccc(Cl)cc1F)C1CCC1. The summed E-state index contributed by atoms with van der Waals surface area (Å²) in [5, 5.41) is 7.58. The zero-order chi connectivity index (χ0) is 35.1. The van der Waals surface area contributed by atoms with Crippen LogP contribution in [-0.4, -0.2) is 49.6 Å². The maximum atomic E-state index is 15.5. The third kappa shape index (κ3) is 6.80. The number of fused-ring (bicyclic) bond motifs is 1. The van der Waals surface area contributed by atoms with Gasteiger partial charge in [-0.05, 0) is 118 Å². The van der Waals surface area contributed by atoms with Gasteiger partial charge in [-0.1, -0.05) is 60.9 Å². The summed E-state index contributed by atoms with van der Waals surface area (Å²) in [5.41, 5.74) is 6.42. The first-order valence-corrected chi connectivity index (χ1v) is 19.4. The number of dihydropyridines is 1. The molecule has 268 valence electrons. The fourth-order valence-electron chi connectivity index (χ4n) is 8.76. The molecule has 5 aliphatic rings. The van der Waals surface area contributed by atoms with Crippen molar-refractivity contribution in [1.82, 2.24) is 10.2 Å². The normalized spacial score (nSPS) is 22.2.